The van der Waals surface area contributed by atoms with E-state index in [-0.39, 0.29) is 0 Å². The van der Waals surface area contributed by atoms with Gasteiger partial charge >= 0.3 is 0 Å². The standard InChI is InChI=1S/C14H20FNO2/c1-9(15)12-6-11(10-4-5-16-8-10)7-13(17-2)14(12)18-3/h6-7,9-10,16H,4-5,8H2,1-3H3. The number of halogens is 1. The fraction of sp³-hybridized carbons (Fsp3) is 0.571. The van der Waals surface area contributed by atoms with Gasteiger partial charge in [-0.2, -0.15) is 0 Å². The molecule has 2 atom stereocenters. The monoisotopic (exact) mass is 253 g/mol. The molecule has 1 aromatic rings. The molecule has 100 valence electrons. The number of ether oxygens (including phenoxy) is 2. The lowest BCUT2D eigenvalue weighted by molar-refractivity contribution is 0.323. The fourth-order valence-electron chi connectivity index (χ4n) is 2.49. The highest BCUT2D eigenvalue weighted by molar-refractivity contribution is 5.51. The molecule has 18 heavy (non-hydrogen) atoms. The molecule has 0 bridgehead atoms. The van der Waals surface area contributed by atoms with Crippen LogP contribution in [-0.4, -0.2) is 27.3 Å². The summed E-state index contributed by atoms with van der Waals surface area (Å²) in [5.74, 6) is 1.55. The van der Waals surface area contributed by atoms with Gasteiger partial charge in [-0.15, -0.1) is 0 Å². The number of methoxy groups -OCH3 is 2. The highest BCUT2D eigenvalue weighted by Gasteiger charge is 2.22. The summed E-state index contributed by atoms with van der Waals surface area (Å²) in [6, 6.07) is 3.87. The first-order valence-electron chi connectivity index (χ1n) is 6.28. The summed E-state index contributed by atoms with van der Waals surface area (Å²) in [7, 11) is 3.13. The van der Waals surface area contributed by atoms with Crippen LogP contribution in [0.3, 0.4) is 0 Å². The normalized spacial score (nSPS) is 20.8. The van der Waals surface area contributed by atoms with Gasteiger partial charge in [-0.25, -0.2) is 4.39 Å². The van der Waals surface area contributed by atoms with Crippen molar-refractivity contribution in [2.24, 2.45) is 0 Å². The number of nitrogens with one attached hydrogen (secondary N) is 1. The minimum absolute atomic E-state index is 0.433. The molecular weight excluding hydrogens is 233 g/mol. The van der Waals surface area contributed by atoms with Gasteiger partial charge in [0.1, 0.15) is 6.17 Å². The highest BCUT2D eigenvalue weighted by Crippen LogP contribution is 2.40. The summed E-state index contributed by atoms with van der Waals surface area (Å²) in [6.45, 7) is 3.48. The van der Waals surface area contributed by atoms with E-state index >= 15 is 0 Å². The number of alkyl halides is 1. The van der Waals surface area contributed by atoms with Crippen molar-refractivity contribution in [1.82, 2.24) is 5.32 Å². The lowest BCUT2D eigenvalue weighted by Gasteiger charge is -2.18. The predicted molar refractivity (Wildman–Crippen MR) is 69.3 cm³/mol. The van der Waals surface area contributed by atoms with Crippen LogP contribution in [0.1, 0.15) is 36.6 Å². The lowest BCUT2D eigenvalue weighted by atomic mass is 9.94. The number of rotatable bonds is 4. The zero-order valence-corrected chi connectivity index (χ0v) is 11.1. The third-order valence-electron chi connectivity index (χ3n) is 3.49. The molecule has 0 aliphatic carbocycles. The minimum Gasteiger partial charge on any atom is -0.493 e. The van der Waals surface area contributed by atoms with Crippen LogP contribution in [0.4, 0.5) is 4.39 Å². The molecule has 4 heteroatoms. The molecule has 1 saturated heterocycles. The average Bonchev–Trinajstić information content (AvgIpc) is 2.90. The Hall–Kier alpha value is -1.29. The Kier molecular flexibility index (Phi) is 4.07. The molecule has 1 aromatic carbocycles. The van der Waals surface area contributed by atoms with Crippen molar-refractivity contribution in [1.29, 1.82) is 0 Å². The maximum Gasteiger partial charge on any atom is 0.166 e. The zero-order chi connectivity index (χ0) is 13.1. The molecule has 1 aliphatic heterocycles. The smallest absolute Gasteiger partial charge is 0.166 e. The molecule has 0 saturated carbocycles. The van der Waals surface area contributed by atoms with Gasteiger partial charge in [-0.05, 0) is 43.5 Å². The minimum atomic E-state index is -1.07. The van der Waals surface area contributed by atoms with Gasteiger partial charge in [-0.3, -0.25) is 0 Å². The fourth-order valence-corrected chi connectivity index (χ4v) is 2.49. The maximum absolute atomic E-state index is 13.7. The quantitative estimate of drug-likeness (QED) is 0.895. The van der Waals surface area contributed by atoms with Crippen LogP contribution in [0.5, 0.6) is 11.5 Å². The van der Waals surface area contributed by atoms with Crippen molar-refractivity contribution in [3.05, 3.63) is 23.3 Å². The molecule has 1 heterocycles. The van der Waals surface area contributed by atoms with Gasteiger partial charge in [0.15, 0.2) is 11.5 Å². The van der Waals surface area contributed by atoms with E-state index in [9.17, 15) is 4.39 Å². The summed E-state index contributed by atoms with van der Waals surface area (Å²) in [5.41, 5.74) is 1.69. The number of hydrogen-bond acceptors (Lipinski definition) is 3. The van der Waals surface area contributed by atoms with E-state index in [0.29, 0.717) is 23.0 Å². The third-order valence-corrected chi connectivity index (χ3v) is 3.49. The van der Waals surface area contributed by atoms with Crippen LogP contribution in [0.2, 0.25) is 0 Å². The van der Waals surface area contributed by atoms with Gasteiger partial charge in [-0.1, -0.05) is 0 Å². The van der Waals surface area contributed by atoms with Gasteiger partial charge in [0.05, 0.1) is 14.2 Å². The van der Waals surface area contributed by atoms with E-state index in [1.165, 1.54) is 6.92 Å². The Morgan fingerprint density at radius 3 is 2.61 bits per heavy atom. The molecule has 0 amide bonds. The third kappa shape index (κ3) is 2.43. The molecule has 0 aromatic heterocycles. The molecule has 0 spiro atoms. The summed E-state index contributed by atoms with van der Waals surface area (Å²) in [4.78, 5) is 0. The van der Waals surface area contributed by atoms with Crippen LogP contribution in [0.15, 0.2) is 12.1 Å². The first-order chi connectivity index (χ1) is 8.67. The van der Waals surface area contributed by atoms with Crippen LogP contribution >= 0.6 is 0 Å². The molecule has 2 rings (SSSR count). The van der Waals surface area contributed by atoms with Crippen LogP contribution in [0.25, 0.3) is 0 Å². The van der Waals surface area contributed by atoms with Gasteiger partial charge in [0.25, 0.3) is 0 Å². The number of benzene rings is 1. The van der Waals surface area contributed by atoms with Crippen molar-refractivity contribution >= 4 is 0 Å². The van der Waals surface area contributed by atoms with Gasteiger partial charge in [0.2, 0.25) is 0 Å². The van der Waals surface area contributed by atoms with Crippen molar-refractivity contribution in [2.75, 3.05) is 27.3 Å². The topological polar surface area (TPSA) is 30.5 Å². The van der Waals surface area contributed by atoms with Crippen LogP contribution in [-0.2, 0) is 0 Å². The van der Waals surface area contributed by atoms with Crippen molar-refractivity contribution in [3.63, 3.8) is 0 Å². The molecule has 1 N–H and O–H groups in total. The second-order valence-corrected chi connectivity index (χ2v) is 4.65. The number of hydrogen-bond donors (Lipinski definition) is 1. The highest BCUT2D eigenvalue weighted by atomic mass is 19.1. The lowest BCUT2D eigenvalue weighted by Crippen LogP contribution is -2.09. The molecule has 3 nitrogen and oxygen atoms in total. The second kappa shape index (κ2) is 5.57. The molecule has 1 aliphatic rings. The predicted octanol–water partition coefficient (Wildman–Crippen LogP) is 2.81. The summed E-state index contributed by atoms with van der Waals surface area (Å²) in [6.07, 6.45) is 0.0124. The Morgan fingerprint density at radius 1 is 1.33 bits per heavy atom. The Morgan fingerprint density at radius 2 is 2.11 bits per heavy atom. The molecule has 2 unspecified atom stereocenters. The Labute approximate surface area is 107 Å². The molecule has 0 radical (unpaired) electrons. The van der Waals surface area contributed by atoms with Crippen LogP contribution < -0.4 is 14.8 Å². The second-order valence-electron chi connectivity index (χ2n) is 4.65. The van der Waals surface area contributed by atoms with Crippen molar-refractivity contribution < 1.29 is 13.9 Å². The zero-order valence-electron chi connectivity index (χ0n) is 11.1. The van der Waals surface area contributed by atoms with E-state index in [2.05, 4.69) is 5.32 Å². The van der Waals surface area contributed by atoms with Gasteiger partial charge in [0, 0.05) is 12.1 Å². The largest absolute Gasteiger partial charge is 0.493 e. The molecule has 1 fully saturated rings. The first-order valence-corrected chi connectivity index (χ1v) is 6.28. The summed E-state index contributed by atoms with van der Waals surface area (Å²) in [5, 5.41) is 3.32. The van der Waals surface area contributed by atoms with E-state index in [4.69, 9.17) is 9.47 Å². The summed E-state index contributed by atoms with van der Waals surface area (Å²) >= 11 is 0. The van der Waals surface area contributed by atoms with Crippen molar-refractivity contribution in [2.45, 2.75) is 25.4 Å². The molecular formula is C14H20FNO2. The Balaban J connectivity index is 2.45. The van der Waals surface area contributed by atoms with Gasteiger partial charge < -0.3 is 14.8 Å². The van der Waals surface area contributed by atoms with E-state index in [0.717, 1.165) is 25.1 Å². The van der Waals surface area contributed by atoms with Crippen molar-refractivity contribution in [3.8, 4) is 11.5 Å². The van der Waals surface area contributed by atoms with E-state index < -0.39 is 6.17 Å². The maximum atomic E-state index is 13.7. The SMILES string of the molecule is COc1cc(C2CCNC2)cc(C(C)F)c1OC. The first kappa shape index (κ1) is 13.1. The van der Waals surface area contributed by atoms with Crippen LogP contribution in [0, 0.1) is 0 Å². The van der Waals surface area contributed by atoms with E-state index in [1.807, 2.05) is 12.1 Å². The average molecular weight is 253 g/mol. The summed E-state index contributed by atoms with van der Waals surface area (Å²) < 4.78 is 24.3. The Bertz CT molecular complexity index is 415. The van der Waals surface area contributed by atoms with E-state index in [1.54, 1.807) is 14.2 Å².